The van der Waals surface area contributed by atoms with Crippen LogP contribution in [0, 0.1) is 13.8 Å². The quantitative estimate of drug-likeness (QED) is 0.423. The minimum absolute atomic E-state index is 0.138. The Morgan fingerprint density at radius 3 is 2.66 bits per heavy atom. The summed E-state index contributed by atoms with van der Waals surface area (Å²) in [4.78, 5) is 22.2. The Morgan fingerprint density at radius 2 is 1.86 bits per heavy atom. The first-order valence-corrected chi connectivity index (χ1v) is 9.35. The number of para-hydroxylation sites is 1. The Morgan fingerprint density at radius 1 is 1.03 bits per heavy atom. The molecule has 0 aliphatic rings. The summed E-state index contributed by atoms with van der Waals surface area (Å²) >= 11 is 0. The molecule has 2 aromatic carbocycles. The summed E-state index contributed by atoms with van der Waals surface area (Å²) in [5.41, 5.74) is 8.02. The molecule has 1 N–H and O–H groups in total. The summed E-state index contributed by atoms with van der Waals surface area (Å²) < 4.78 is 1.59. The molecule has 0 amide bonds. The summed E-state index contributed by atoms with van der Waals surface area (Å²) in [5.74, 6) is 0.366. The Hall–Kier alpha value is -3.80. The fourth-order valence-electron chi connectivity index (χ4n) is 3.18. The number of fused-ring (bicyclic) bond motifs is 1. The molecule has 0 aliphatic heterocycles. The molecule has 2 aromatic heterocycles. The van der Waals surface area contributed by atoms with Crippen molar-refractivity contribution in [1.82, 2.24) is 14.5 Å². The van der Waals surface area contributed by atoms with Crippen LogP contribution in [0.25, 0.3) is 16.6 Å². The zero-order chi connectivity index (χ0) is 20.4. The minimum Gasteiger partial charge on any atom is -0.268 e. The van der Waals surface area contributed by atoms with E-state index >= 15 is 0 Å². The number of nitrogens with one attached hydrogen (secondary N) is 1. The van der Waals surface area contributed by atoms with E-state index < -0.39 is 0 Å². The number of anilines is 1. The van der Waals surface area contributed by atoms with Crippen LogP contribution >= 0.6 is 0 Å². The van der Waals surface area contributed by atoms with Crippen LogP contribution < -0.4 is 11.0 Å². The summed E-state index contributed by atoms with van der Waals surface area (Å²) in [6.45, 7) is 5.90. The first-order valence-electron chi connectivity index (χ1n) is 9.35. The largest absolute Gasteiger partial charge is 0.268 e. The highest BCUT2D eigenvalue weighted by Crippen LogP contribution is 2.21. The molecular weight excluding hydrogens is 362 g/mol. The third kappa shape index (κ3) is 3.52. The van der Waals surface area contributed by atoms with Gasteiger partial charge in [0.25, 0.3) is 5.56 Å². The number of hydrogen-bond acceptors (Lipinski definition) is 5. The highest BCUT2D eigenvalue weighted by molar-refractivity contribution is 5.98. The van der Waals surface area contributed by atoms with E-state index in [4.69, 9.17) is 0 Å². The van der Waals surface area contributed by atoms with Crippen molar-refractivity contribution in [2.24, 2.45) is 5.10 Å². The molecule has 0 bridgehead atoms. The van der Waals surface area contributed by atoms with Gasteiger partial charge in [-0.3, -0.25) is 9.78 Å². The fourth-order valence-corrected chi connectivity index (χ4v) is 3.18. The number of aryl methyl sites for hydroxylation is 1. The van der Waals surface area contributed by atoms with Crippen LogP contribution in [-0.2, 0) is 0 Å². The molecule has 0 aliphatic carbocycles. The predicted octanol–water partition coefficient (Wildman–Crippen LogP) is 4.23. The predicted molar refractivity (Wildman–Crippen MR) is 117 cm³/mol. The zero-order valence-corrected chi connectivity index (χ0v) is 16.5. The molecule has 6 heteroatoms. The third-order valence-corrected chi connectivity index (χ3v) is 5.00. The van der Waals surface area contributed by atoms with Gasteiger partial charge in [-0.25, -0.2) is 15.0 Å². The molecule has 4 rings (SSSR count). The topological polar surface area (TPSA) is 72.2 Å². The van der Waals surface area contributed by atoms with Gasteiger partial charge >= 0.3 is 0 Å². The number of rotatable bonds is 4. The van der Waals surface area contributed by atoms with E-state index in [1.165, 1.54) is 0 Å². The molecule has 0 fully saturated rings. The summed E-state index contributed by atoms with van der Waals surface area (Å²) in [5, 5.41) is 5.02. The maximum Gasteiger partial charge on any atom is 0.267 e. The van der Waals surface area contributed by atoms with Gasteiger partial charge in [0.15, 0.2) is 0 Å². The monoisotopic (exact) mass is 383 g/mol. The Labute approximate surface area is 168 Å². The lowest BCUT2D eigenvalue weighted by atomic mass is 10.1. The van der Waals surface area contributed by atoms with Crippen molar-refractivity contribution >= 4 is 22.6 Å². The van der Waals surface area contributed by atoms with Crippen molar-refractivity contribution in [3.05, 3.63) is 94.0 Å². The molecule has 0 saturated heterocycles. The highest BCUT2D eigenvalue weighted by atomic mass is 16.1. The molecular formula is C23H21N5O. The van der Waals surface area contributed by atoms with Crippen LogP contribution in [0.2, 0.25) is 0 Å². The van der Waals surface area contributed by atoms with Crippen LogP contribution in [0.1, 0.15) is 23.6 Å². The Bertz CT molecular complexity index is 1280. The lowest BCUT2D eigenvalue weighted by Crippen LogP contribution is -2.24. The number of hydrazone groups is 1. The van der Waals surface area contributed by atoms with E-state index in [-0.39, 0.29) is 5.56 Å². The molecule has 2 heterocycles. The van der Waals surface area contributed by atoms with E-state index in [2.05, 4.69) is 20.5 Å². The summed E-state index contributed by atoms with van der Waals surface area (Å²) in [6.07, 6.45) is 3.46. The number of aromatic nitrogens is 3. The zero-order valence-electron chi connectivity index (χ0n) is 16.5. The van der Waals surface area contributed by atoms with E-state index in [1.807, 2.05) is 69.3 Å². The molecule has 4 aromatic rings. The van der Waals surface area contributed by atoms with Crippen LogP contribution in [0.3, 0.4) is 0 Å². The Balaban J connectivity index is 1.91. The standard InChI is InChI=1S/C23H21N5O/c1-15-8-6-12-21(16(15)2)28-22(29)19-10-4-5-11-20(19)25-23(28)27-26-17(3)18-9-7-13-24-14-18/h4-14H,1-3H3,(H,25,27)/b26-17-. The summed E-state index contributed by atoms with van der Waals surface area (Å²) in [6, 6.07) is 17.0. The molecule has 0 saturated carbocycles. The van der Waals surface area contributed by atoms with Crippen molar-refractivity contribution in [2.75, 3.05) is 5.43 Å². The SMILES string of the molecule is C/C(=N/Nc1nc2ccccc2c(=O)n1-c1cccc(C)c1C)c1cccnc1. The molecule has 29 heavy (non-hydrogen) atoms. The van der Waals surface area contributed by atoms with Gasteiger partial charge in [-0.2, -0.15) is 5.10 Å². The van der Waals surface area contributed by atoms with Crippen LogP contribution in [-0.4, -0.2) is 20.2 Å². The van der Waals surface area contributed by atoms with E-state index in [9.17, 15) is 4.79 Å². The van der Waals surface area contributed by atoms with Crippen molar-refractivity contribution in [2.45, 2.75) is 20.8 Å². The molecule has 6 nitrogen and oxygen atoms in total. The maximum atomic E-state index is 13.4. The van der Waals surface area contributed by atoms with Crippen molar-refractivity contribution in [3.63, 3.8) is 0 Å². The third-order valence-electron chi connectivity index (χ3n) is 5.00. The number of pyridine rings is 1. The molecule has 144 valence electrons. The second-order valence-corrected chi connectivity index (χ2v) is 6.86. The van der Waals surface area contributed by atoms with Gasteiger partial charge in [-0.05, 0) is 56.2 Å². The smallest absolute Gasteiger partial charge is 0.267 e. The van der Waals surface area contributed by atoms with E-state index in [0.29, 0.717) is 16.9 Å². The van der Waals surface area contributed by atoms with E-state index in [0.717, 1.165) is 28.1 Å². The first-order chi connectivity index (χ1) is 14.1. The number of hydrogen-bond donors (Lipinski definition) is 1. The van der Waals surface area contributed by atoms with Gasteiger partial charge in [0.1, 0.15) is 0 Å². The van der Waals surface area contributed by atoms with Crippen LogP contribution in [0.15, 0.2) is 76.9 Å². The summed E-state index contributed by atoms with van der Waals surface area (Å²) in [7, 11) is 0. The van der Waals surface area contributed by atoms with Gasteiger partial charge in [0.2, 0.25) is 5.95 Å². The lowest BCUT2D eigenvalue weighted by molar-refractivity contribution is 0.943. The van der Waals surface area contributed by atoms with Crippen LogP contribution in [0.5, 0.6) is 0 Å². The fraction of sp³-hybridized carbons (Fsp3) is 0.130. The van der Waals surface area contributed by atoms with Gasteiger partial charge in [-0.15, -0.1) is 0 Å². The van der Waals surface area contributed by atoms with Gasteiger partial charge in [0, 0.05) is 18.0 Å². The van der Waals surface area contributed by atoms with Crippen LogP contribution in [0.4, 0.5) is 5.95 Å². The first kappa shape index (κ1) is 18.6. The highest BCUT2D eigenvalue weighted by Gasteiger charge is 2.15. The molecule has 0 unspecified atom stereocenters. The second kappa shape index (κ2) is 7.67. The average Bonchev–Trinajstić information content (AvgIpc) is 2.75. The lowest BCUT2D eigenvalue weighted by Gasteiger charge is -2.16. The second-order valence-electron chi connectivity index (χ2n) is 6.86. The van der Waals surface area contributed by atoms with Crippen molar-refractivity contribution in [1.29, 1.82) is 0 Å². The maximum absolute atomic E-state index is 13.4. The molecule has 0 radical (unpaired) electrons. The minimum atomic E-state index is -0.138. The molecule has 0 atom stereocenters. The normalized spacial score (nSPS) is 11.6. The average molecular weight is 383 g/mol. The number of benzene rings is 2. The van der Waals surface area contributed by atoms with E-state index in [1.54, 1.807) is 23.0 Å². The van der Waals surface area contributed by atoms with Crippen molar-refractivity contribution in [3.8, 4) is 5.69 Å². The number of nitrogens with zero attached hydrogens (tertiary/aromatic N) is 4. The van der Waals surface area contributed by atoms with Gasteiger partial charge in [-0.1, -0.05) is 30.3 Å². The van der Waals surface area contributed by atoms with Crippen molar-refractivity contribution < 1.29 is 0 Å². The van der Waals surface area contributed by atoms with Gasteiger partial charge in [0.05, 0.1) is 22.3 Å². The van der Waals surface area contributed by atoms with Gasteiger partial charge < -0.3 is 0 Å². The molecule has 0 spiro atoms. The Kier molecular flexibility index (Phi) is 4.91.